The first-order valence-corrected chi connectivity index (χ1v) is 5.62. The fraction of sp³-hybridized carbons (Fsp3) is 0.167. The van der Waals surface area contributed by atoms with Gasteiger partial charge in [-0.25, -0.2) is 4.98 Å². The highest BCUT2D eigenvalue weighted by Gasteiger charge is 2.09. The number of aromatic nitrogens is 2. The molecule has 0 spiro atoms. The van der Waals surface area contributed by atoms with E-state index in [1.807, 2.05) is 6.92 Å². The summed E-state index contributed by atoms with van der Waals surface area (Å²) in [5.74, 6) is 0.00585. The molecule has 0 fully saturated rings. The third-order valence-corrected chi connectivity index (χ3v) is 2.70. The van der Waals surface area contributed by atoms with Crippen LogP contribution in [0.2, 0.25) is 5.02 Å². The molecule has 0 atom stereocenters. The van der Waals surface area contributed by atoms with Crippen molar-refractivity contribution in [2.75, 3.05) is 12.4 Å². The van der Waals surface area contributed by atoms with E-state index in [9.17, 15) is 4.39 Å². The normalized spacial score (nSPS) is 10.2. The maximum atomic E-state index is 13.5. The molecule has 2 aromatic rings. The zero-order chi connectivity index (χ0) is 13.1. The first-order chi connectivity index (χ1) is 8.60. The van der Waals surface area contributed by atoms with Gasteiger partial charge in [0.25, 0.3) is 5.88 Å². The van der Waals surface area contributed by atoms with Crippen molar-refractivity contribution in [2.24, 2.45) is 0 Å². The Morgan fingerprint density at radius 1 is 1.39 bits per heavy atom. The Hall–Kier alpha value is -1.88. The zero-order valence-corrected chi connectivity index (χ0v) is 10.6. The van der Waals surface area contributed by atoms with Gasteiger partial charge in [0, 0.05) is 12.1 Å². The van der Waals surface area contributed by atoms with Gasteiger partial charge in [-0.2, -0.15) is 9.37 Å². The number of hydrogen-bond acceptors (Lipinski definition) is 4. The first kappa shape index (κ1) is 12.6. The molecule has 0 saturated carbocycles. The number of ether oxygens (including phenoxy) is 1. The second-order valence-electron chi connectivity index (χ2n) is 3.61. The Kier molecular flexibility index (Phi) is 3.62. The van der Waals surface area contributed by atoms with E-state index in [4.69, 9.17) is 16.3 Å². The van der Waals surface area contributed by atoms with E-state index in [1.54, 1.807) is 25.2 Å². The smallest absolute Gasteiger partial charge is 0.260 e. The molecule has 0 amide bonds. The molecule has 0 aliphatic carbocycles. The third-order valence-electron chi connectivity index (χ3n) is 2.28. The Morgan fingerprint density at radius 3 is 2.83 bits per heavy atom. The van der Waals surface area contributed by atoms with Crippen LogP contribution < -0.4 is 10.1 Å². The van der Waals surface area contributed by atoms with Crippen LogP contribution >= 0.6 is 11.6 Å². The van der Waals surface area contributed by atoms with Gasteiger partial charge in [-0.1, -0.05) is 11.6 Å². The van der Waals surface area contributed by atoms with Crippen LogP contribution in [0.1, 0.15) is 5.56 Å². The lowest BCUT2D eigenvalue weighted by molar-refractivity contribution is 0.420. The van der Waals surface area contributed by atoms with E-state index < -0.39 is 5.82 Å². The molecule has 0 unspecified atom stereocenters. The molecule has 2 rings (SSSR count). The summed E-state index contributed by atoms with van der Waals surface area (Å²) < 4.78 is 18.8. The van der Waals surface area contributed by atoms with Gasteiger partial charge in [-0.15, -0.1) is 0 Å². The van der Waals surface area contributed by atoms with E-state index in [2.05, 4.69) is 15.3 Å². The number of rotatable bonds is 3. The summed E-state index contributed by atoms with van der Waals surface area (Å²) in [5.41, 5.74) is 0.845. The highest BCUT2D eigenvalue weighted by atomic mass is 35.5. The maximum Gasteiger partial charge on any atom is 0.260 e. The summed E-state index contributed by atoms with van der Waals surface area (Å²) in [6.07, 6.45) is 1.05. The fourth-order valence-corrected chi connectivity index (χ4v) is 1.45. The predicted molar refractivity (Wildman–Crippen MR) is 67.8 cm³/mol. The lowest BCUT2D eigenvalue weighted by Crippen LogP contribution is -2.00. The summed E-state index contributed by atoms with van der Waals surface area (Å²) in [5, 5.41) is 3.34. The van der Waals surface area contributed by atoms with E-state index in [0.29, 0.717) is 10.8 Å². The van der Waals surface area contributed by atoms with Crippen LogP contribution in [-0.2, 0) is 0 Å². The summed E-state index contributed by atoms with van der Waals surface area (Å²) in [6.45, 7) is 1.84. The van der Waals surface area contributed by atoms with Gasteiger partial charge in [0.05, 0.1) is 6.20 Å². The van der Waals surface area contributed by atoms with Crippen LogP contribution in [0, 0.1) is 12.7 Å². The minimum atomic E-state index is -0.624. The van der Waals surface area contributed by atoms with E-state index in [-0.39, 0.29) is 11.8 Å². The predicted octanol–water partition coefficient (Wildman–Crippen LogP) is 3.41. The van der Waals surface area contributed by atoms with Gasteiger partial charge >= 0.3 is 0 Å². The van der Waals surface area contributed by atoms with Gasteiger partial charge in [0.1, 0.15) is 5.75 Å². The molecule has 1 aromatic heterocycles. The summed E-state index contributed by atoms with van der Waals surface area (Å²) in [4.78, 5) is 7.62. The standard InChI is InChI=1S/C12H11ClFN3O/c1-7-5-8(3-4-9(7)13)18-11-10(14)6-16-12(15-2)17-11/h3-6H,1-2H3,(H,15,16,17). The lowest BCUT2D eigenvalue weighted by Gasteiger charge is -2.08. The highest BCUT2D eigenvalue weighted by molar-refractivity contribution is 6.31. The number of nitrogens with one attached hydrogen (secondary N) is 1. The van der Waals surface area contributed by atoms with Gasteiger partial charge in [0.15, 0.2) is 0 Å². The summed E-state index contributed by atoms with van der Waals surface area (Å²) in [6, 6.07) is 5.04. The number of halogens is 2. The van der Waals surface area contributed by atoms with E-state index in [0.717, 1.165) is 11.8 Å². The molecular formula is C12H11ClFN3O. The quantitative estimate of drug-likeness (QED) is 0.926. The average Bonchev–Trinajstić information content (AvgIpc) is 2.36. The fourth-order valence-electron chi connectivity index (χ4n) is 1.34. The minimum Gasteiger partial charge on any atom is -0.436 e. The Labute approximate surface area is 109 Å². The van der Waals surface area contributed by atoms with Crippen molar-refractivity contribution >= 4 is 17.5 Å². The number of hydrogen-bond donors (Lipinski definition) is 1. The molecular weight excluding hydrogens is 257 g/mol. The number of benzene rings is 1. The maximum absolute atomic E-state index is 13.5. The van der Waals surface area contributed by atoms with Crippen molar-refractivity contribution in [2.45, 2.75) is 6.92 Å². The highest BCUT2D eigenvalue weighted by Crippen LogP contribution is 2.26. The van der Waals surface area contributed by atoms with Crippen molar-refractivity contribution in [1.29, 1.82) is 0 Å². The van der Waals surface area contributed by atoms with Crippen LogP contribution in [0.4, 0.5) is 10.3 Å². The molecule has 1 N–H and O–H groups in total. The molecule has 0 aliphatic rings. The molecule has 1 aromatic carbocycles. The van der Waals surface area contributed by atoms with Crippen LogP contribution in [0.3, 0.4) is 0 Å². The Bertz CT molecular complexity index is 577. The van der Waals surface area contributed by atoms with Crippen molar-refractivity contribution in [3.8, 4) is 11.6 Å². The van der Waals surface area contributed by atoms with Crippen molar-refractivity contribution in [1.82, 2.24) is 9.97 Å². The molecule has 6 heteroatoms. The van der Waals surface area contributed by atoms with Gasteiger partial charge in [-0.3, -0.25) is 0 Å². The SMILES string of the molecule is CNc1ncc(F)c(Oc2ccc(Cl)c(C)c2)n1. The molecule has 1 heterocycles. The van der Waals surface area contributed by atoms with Crippen LogP contribution in [-0.4, -0.2) is 17.0 Å². The second-order valence-corrected chi connectivity index (χ2v) is 4.02. The van der Waals surface area contributed by atoms with Crippen molar-refractivity contribution in [3.63, 3.8) is 0 Å². The third kappa shape index (κ3) is 2.68. The summed E-state index contributed by atoms with van der Waals surface area (Å²) >= 11 is 5.90. The molecule has 94 valence electrons. The van der Waals surface area contributed by atoms with Crippen molar-refractivity contribution in [3.05, 3.63) is 40.8 Å². The molecule has 0 bridgehead atoms. The van der Waals surface area contributed by atoms with Crippen LogP contribution in [0.15, 0.2) is 24.4 Å². The van der Waals surface area contributed by atoms with Crippen molar-refractivity contribution < 1.29 is 9.13 Å². The van der Waals surface area contributed by atoms with Gasteiger partial charge in [-0.05, 0) is 30.7 Å². The lowest BCUT2D eigenvalue weighted by atomic mass is 10.2. The minimum absolute atomic E-state index is 0.129. The summed E-state index contributed by atoms with van der Waals surface area (Å²) in [7, 11) is 1.64. The monoisotopic (exact) mass is 267 g/mol. The average molecular weight is 268 g/mol. The van der Waals surface area contributed by atoms with E-state index >= 15 is 0 Å². The molecule has 0 aliphatic heterocycles. The molecule has 0 radical (unpaired) electrons. The van der Waals surface area contributed by atoms with Gasteiger partial charge in [0.2, 0.25) is 11.8 Å². The largest absolute Gasteiger partial charge is 0.436 e. The number of nitrogens with zero attached hydrogens (tertiary/aromatic N) is 2. The van der Waals surface area contributed by atoms with E-state index in [1.165, 1.54) is 0 Å². The number of aryl methyl sites for hydroxylation is 1. The number of anilines is 1. The molecule has 4 nitrogen and oxygen atoms in total. The van der Waals surface area contributed by atoms with Crippen LogP contribution in [0.5, 0.6) is 11.6 Å². The van der Waals surface area contributed by atoms with Crippen LogP contribution in [0.25, 0.3) is 0 Å². The molecule has 18 heavy (non-hydrogen) atoms. The Morgan fingerprint density at radius 2 is 2.17 bits per heavy atom. The second kappa shape index (κ2) is 5.18. The molecule has 0 saturated heterocycles. The topological polar surface area (TPSA) is 47.0 Å². The Balaban J connectivity index is 2.30. The first-order valence-electron chi connectivity index (χ1n) is 5.24. The van der Waals surface area contributed by atoms with Gasteiger partial charge < -0.3 is 10.1 Å². The zero-order valence-electron chi connectivity index (χ0n) is 9.87.